The Morgan fingerprint density at radius 2 is 1.30 bits per heavy atom. The fourth-order valence-electron chi connectivity index (χ4n) is 13.4. The summed E-state index contributed by atoms with van der Waals surface area (Å²) in [4.78, 5) is 14.6. The van der Waals surface area contributed by atoms with Gasteiger partial charge in [0.15, 0.2) is 18.9 Å². The maximum absolute atomic E-state index is 14.6. The Bertz CT molecular complexity index is 1660. The number of aliphatic hydroxyl groups excluding tert-OH is 11. The van der Waals surface area contributed by atoms with Crippen LogP contribution in [0.3, 0.4) is 0 Å². The summed E-state index contributed by atoms with van der Waals surface area (Å²) in [7, 11) is 0. The van der Waals surface area contributed by atoms with E-state index >= 15 is 0 Å². The maximum atomic E-state index is 14.6. The molecule has 3 saturated heterocycles. The van der Waals surface area contributed by atoms with Gasteiger partial charge in [-0.15, -0.1) is 0 Å². The molecular weight excluding hydrogens is 844 g/mol. The average Bonchev–Trinajstić information content (AvgIpc) is 3.77. The molecule has 4 aliphatic heterocycles. The molecule has 64 heavy (non-hydrogen) atoms. The van der Waals surface area contributed by atoms with Crippen LogP contribution in [0.25, 0.3) is 0 Å². The highest BCUT2D eigenvalue weighted by molar-refractivity contribution is 5.87. The van der Waals surface area contributed by atoms with Crippen LogP contribution in [-0.4, -0.2) is 193 Å². The van der Waals surface area contributed by atoms with E-state index in [4.69, 9.17) is 33.2 Å². The summed E-state index contributed by atoms with van der Waals surface area (Å²) >= 11 is 0. The lowest BCUT2D eigenvalue weighted by molar-refractivity contribution is -0.364. The third-order valence-electron chi connectivity index (χ3n) is 17.2. The van der Waals surface area contributed by atoms with Gasteiger partial charge in [0.1, 0.15) is 85.1 Å². The topological polar surface area (TPSA) is 304 Å². The summed E-state index contributed by atoms with van der Waals surface area (Å²) in [6, 6.07) is 0. The Balaban J connectivity index is 0.855. The van der Waals surface area contributed by atoms with Crippen LogP contribution in [0, 0.1) is 46.3 Å². The molecule has 7 fully saturated rings. The second kappa shape index (κ2) is 19.1. The zero-order valence-electron chi connectivity index (χ0n) is 37.2. The van der Waals surface area contributed by atoms with Gasteiger partial charge in [-0.2, -0.15) is 0 Å². The Hall–Kier alpha value is -1.47. The van der Waals surface area contributed by atoms with E-state index in [1.165, 1.54) is 0 Å². The van der Waals surface area contributed by atoms with E-state index in [0.717, 1.165) is 37.0 Å². The minimum Gasteiger partial charge on any atom is -0.494 e. The molecule has 0 bridgehead atoms. The predicted molar refractivity (Wildman–Crippen MR) is 218 cm³/mol. The van der Waals surface area contributed by atoms with Crippen molar-refractivity contribution in [2.75, 3.05) is 26.4 Å². The molecule has 366 valence electrons. The number of rotatable bonds is 13. The summed E-state index contributed by atoms with van der Waals surface area (Å²) in [5.74, 6) is 2.21. The number of carbonyl (C=O) groups excluding carboxylic acids is 1. The highest BCUT2D eigenvalue weighted by Gasteiger charge is 2.68. The van der Waals surface area contributed by atoms with Gasteiger partial charge in [-0.05, 0) is 92.4 Å². The third-order valence-corrected chi connectivity index (χ3v) is 17.2. The van der Waals surface area contributed by atoms with Crippen molar-refractivity contribution in [2.24, 2.45) is 46.3 Å². The number of hydrogen-bond donors (Lipinski definition) is 11. The summed E-state index contributed by atoms with van der Waals surface area (Å²) in [6.07, 6.45) is -15.6. The van der Waals surface area contributed by atoms with Gasteiger partial charge in [-0.1, -0.05) is 20.8 Å². The molecule has 0 spiro atoms. The monoisotopic (exact) mass is 916 g/mol. The molecule has 0 aromatic carbocycles. The Labute approximate surface area is 373 Å². The molecule has 0 amide bonds. The van der Waals surface area contributed by atoms with Gasteiger partial charge in [0.2, 0.25) is 0 Å². The van der Waals surface area contributed by atoms with Gasteiger partial charge in [-0.25, -0.2) is 0 Å². The van der Waals surface area contributed by atoms with Crippen molar-refractivity contribution >= 4 is 5.78 Å². The van der Waals surface area contributed by atoms with Gasteiger partial charge in [-0.3, -0.25) is 4.79 Å². The zero-order valence-corrected chi connectivity index (χ0v) is 37.2. The first-order valence-corrected chi connectivity index (χ1v) is 23.4. The van der Waals surface area contributed by atoms with Crippen molar-refractivity contribution in [3.63, 3.8) is 0 Å². The van der Waals surface area contributed by atoms with Gasteiger partial charge >= 0.3 is 0 Å². The molecule has 8 rings (SSSR count). The first kappa shape index (κ1) is 49.0. The second-order valence-electron chi connectivity index (χ2n) is 20.8. The van der Waals surface area contributed by atoms with Crippen molar-refractivity contribution in [3.8, 4) is 0 Å². The second-order valence-corrected chi connectivity index (χ2v) is 20.8. The number of carbonyl (C=O) groups is 1. The molecule has 8 aliphatic rings. The van der Waals surface area contributed by atoms with Gasteiger partial charge in [0.25, 0.3) is 0 Å². The SMILES string of the molecule is CC1=C(CCC(C)COC2OC(CO)C(O)C(O)C2O)OC2CC3C4CCC5CC(OC6OC(CO)C(OC7OC(CO)C(O)C(O)C7O)C(O)C6O)CCC5(C)C4CC(=O)C3(C)C12. The molecule has 25 atom stereocenters. The van der Waals surface area contributed by atoms with Crippen LogP contribution in [0.4, 0.5) is 0 Å². The van der Waals surface area contributed by atoms with Crippen LogP contribution in [0.15, 0.2) is 11.3 Å². The minimum absolute atomic E-state index is 0.00138. The van der Waals surface area contributed by atoms with Crippen LogP contribution in [0.2, 0.25) is 0 Å². The highest BCUT2D eigenvalue weighted by atomic mass is 16.7. The van der Waals surface area contributed by atoms with E-state index in [2.05, 4.69) is 20.8 Å². The third kappa shape index (κ3) is 8.43. The van der Waals surface area contributed by atoms with Crippen LogP contribution in [0.1, 0.15) is 85.5 Å². The summed E-state index contributed by atoms with van der Waals surface area (Å²) < 4.78 is 41.4. The number of allylic oxidation sites excluding steroid dienone is 1. The Morgan fingerprint density at radius 3 is 1.95 bits per heavy atom. The first-order chi connectivity index (χ1) is 30.4. The molecule has 0 radical (unpaired) electrons. The summed E-state index contributed by atoms with van der Waals surface area (Å²) in [5, 5.41) is 113. The molecule has 4 saturated carbocycles. The molecule has 4 aliphatic carbocycles. The van der Waals surface area contributed by atoms with E-state index in [1.54, 1.807) is 0 Å². The van der Waals surface area contributed by atoms with Crippen molar-refractivity contribution in [1.29, 1.82) is 0 Å². The smallest absolute Gasteiger partial charge is 0.187 e. The van der Waals surface area contributed by atoms with Crippen molar-refractivity contribution in [2.45, 2.75) is 190 Å². The quantitative estimate of drug-likeness (QED) is 0.0923. The fourth-order valence-corrected chi connectivity index (χ4v) is 13.4. The van der Waals surface area contributed by atoms with E-state index in [0.29, 0.717) is 43.8 Å². The number of fused-ring (bicyclic) bond motifs is 7. The Kier molecular flexibility index (Phi) is 14.6. The molecule has 19 nitrogen and oxygen atoms in total. The molecule has 0 aromatic rings. The van der Waals surface area contributed by atoms with E-state index < -0.39 is 117 Å². The van der Waals surface area contributed by atoms with E-state index in [-0.39, 0.29) is 53.8 Å². The summed E-state index contributed by atoms with van der Waals surface area (Å²) in [5.41, 5.74) is 0.474. The largest absolute Gasteiger partial charge is 0.494 e. The maximum Gasteiger partial charge on any atom is 0.187 e. The lowest BCUT2D eigenvalue weighted by Gasteiger charge is -2.60. The molecule has 25 unspecified atom stereocenters. The van der Waals surface area contributed by atoms with Crippen molar-refractivity contribution in [3.05, 3.63) is 11.3 Å². The number of Topliss-reactive ketones (excluding diaryl/α,β-unsaturated/α-hetero) is 1. The first-order valence-electron chi connectivity index (χ1n) is 23.4. The number of ketones is 1. The van der Waals surface area contributed by atoms with Crippen LogP contribution < -0.4 is 0 Å². The molecular formula is C45H72O19. The van der Waals surface area contributed by atoms with Crippen LogP contribution in [0.5, 0.6) is 0 Å². The van der Waals surface area contributed by atoms with E-state index in [9.17, 15) is 61.0 Å². The van der Waals surface area contributed by atoms with Gasteiger partial charge in [0.05, 0.1) is 38.3 Å². The lowest BCUT2D eigenvalue weighted by Crippen LogP contribution is -2.65. The lowest BCUT2D eigenvalue weighted by atomic mass is 9.44. The van der Waals surface area contributed by atoms with Crippen molar-refractivity contribution in [1.82, 2.24) is 0 Å². The van der Waals surface area contributed by atoms with E-state index in [1.807, 2.05) is 6.92 Å². The molecule has 11 N–H and O–H groups in total. The average molecular weight is 917 g/mol. The predicted octanol–water partition coefficient (Wildman–Crippen LogP) is -1.65. The van der Waals surface area contributed by atoms with Gasteiger partial charge in [0, 0.05) is 24.2 Å². The normalized spacial score (nSPS) is 52.1. The Morgan fingerprint density at radius 1 is 0.703 bits per heavy atom. The fraction of sp³-hybridized carbons (Fsp3) is 0.933. The molecule has 19 heteroatoms. The van der Waals surface area contributed by atoms with Crippen LogP contribution >= 0.6 is 0 Å². The number of ether oxygens (including phenoxy) is 7. The van der Waals surface area contributed by atoms with Gasteiger partial charge < -0.3 is 89.3 Å². The number of aliphatic hydroxyl groups is 11. The standard InChI is InChI=1S/C45H72O19/c1-18(17-58-41-37(55)34(52)32(50)27(14-46)61-41)5-8-25-19(2)31-26(60-25)12-24-22-7-6-20-11-21(9-10-44(20,3)23(22)13-30(49)45(24,31)4)59-42-39(57)36(54)40(29(16-48)63-42)64-43-38(56)35(53)33(51)28(15-47)62-43/h18,20-24,26-29,31-43,46-48,50-57H,5-17H2,1-4H3. The molecule has 4 heterocycles. The summed E-state index contributed by atoms with van der Waals surface area (Å²) in [6.45, 7) is 6.93. The van der Waals surface area contributed by atoms with Crippen molar-refractivity contribution < 1.29 is 94.1 Å². The minimum atomic E-state index is -1.76. The van der Waals surface area contributed by atoms with Crippen LogP contribution in [-0.2, 0) is 38.0 Å². The zero-order chi connectivity index (χ0) is 46.2. The molecule has 0 aromatic heterocycles. The highest BCUT2D eigenvalue weighted by Crippen LogP contribution is 2.69. The number of hydrogen-bond acceptors (Lipinski definition) is 19.